The molecule has 0 aromatic carbocycles. The van der Waals surface area contributed by atoms with Crippen molar-refractivity contribution in [1.82, 2.24) is 9.97 Å². The molecular formula is C18H26ClN2OPRu. The number of hydrogen-bond acceptors (Lipinski definition) is 3. The number of carbonyl (C=O) groups excluding carboxylic acids is 1. The Labute approximate surface area is 161 Å². The summed E-state index contributed by atoms with van der Waals surface area (Å²) in [6.45, 7) is 12.6. The van der Waals surface area contributed by atoms with Crippen molar-refractivity contribution in [2.75, 3.05) is 0 Å². The van der Waals surface area contributed by atoms with Crippen LogP contribution in [0.5, 0.6) is 0 Å². The van der Waals surface area contributed by atoms with Crippen LogP contribution in [0.4, 0.5) is 0 Å². The van der Waals surface area contributed by atoms with Crippen molar-refractivity contribution < 1.29 is 22.1 Å². The second-order valence-corrected chi connectivity index (χ2v) is 9.60. The van der Waals surface area contributed by atoms with Crippen molar-refractivity contribution in [3.8, 4) is 11.4 Å². The summed E-state index contributed by atoms with van der Waals surface area (Å²) < 4.78 is 0. The maximum atomic E-state index is 7.75. The van der Waals surface area contributed by atoms with E-state index in [0.717, 1.165) is 28.9 Å². The van der Waals surface area contributed by atoms with Crippen molar-refractivity contribution in [2.45, 2.75) is 45.2 Å². The quantitative estimate of drug-likeness (QED) is 0.282. The molecular weight excluding hydrogens is 428 g/mol. The van der Waals surface area contributed by atoms with Gasteiger partial charge in [0, 0.05) is 14.1 Å². The monoisotopic (exact) mass is 454 g/mol. The van der Waals surface area contributed by atoms with Crippen LogP contribution in [0, 0.1) is 0 Å². The van der Waals surface area contributed by atoms with E-state index in [2.05, 4.69) is 61.3 Å². The van der Waals surface area contributed by atoms with Gasteiger partial charge in [-0.15, -0.1) is 0 Å². The van der Waals surface area contributed by atoms with Crippen molar-refractivity contribution in [2.24, 2.45) is 0 Å². The Morgan fingerprint density at radius 2 is 1.58 bits per heavy atom. The molecule has 2 aromatic rings. The Morgan fingerprint density at radius 1 is 1.00 bits per heavy atom. The fourth-order valence-corrected chi connectivity index (χ4v) is 5.28. The number of halogens is 1. The van der Waals surface area contributed by atoms with Crippen LogP contribution in [0.15, 0.2) is 42.6 Å². The van der Waals surface area contributed by atoms with Gasteiger partial charge in [-0.1, -0.05) is 12.1 Å². The van der Waals surface area contributed by atoms with Crippen molar-refractivity contribution in [3.63, 3.8) is 0 Å². The van der Waals surface area contributed by atoms with E-state index in [1.807, 2.05) is 30.5 Å². The number of pyridine rings is 2. The molecule has 0 aliphatic heterocycles. The van der Waals surface area contributed by atoms with E-state index < -0.39 is 7.92 Å². The van der Waals surface area contributed by atoms with Crippen LogP contribution in [-0.2, 0) is 28.3 Å². The molecule has 2 rings (SSSR count). The first-order valence-electron chi connectivity index (χ1n) is 7.68. The standard InChI is InChI=1S/C17H23N2P.CHO.ClH.Ru.H/c1-13(2)20(14(3)4)12-15-8-7-10-17(19-15)16-9-5-6-11-18-16;1-2;;;/h5-11,13-14H,12H2,1-4H3;1H;1H;;/q;-1;;+1;. The van der Waals surface area contributed by atoms with Crippen molar-refractivity contribution in [3.05, 3.63) is 48.3 Å². The van der Waals surface area contributed by atoms with Crippen LogP contribution in [0.1, 0.15) is 33.4 Å². The molecule has 0 unspecified atom stereocenters. The van der Waals surface area contributed by atoms with Crippen LogP contribution in [0.3, 0.4) is 0 Å². The van der Waals surface area contributed by atoms with Gasteiger partial charge in [-0.05, 0) is 52.0 Å². The van der Waals surface area contributed by atoms with Gasteiger partial charge in [-0.3, -0.25) is 11.8 Å². The molecule has 3 nitrogen and oxygen atoms in total. The van der Waals surface area contributed by atoms with Crippen molar-refractivity contribution >= 4 is 24.4 Å². The zero-order valence-electron chi connectivity index (χ0n) is 14.5. The van der Waals surface area contributed by atoms with Crippen LogP contribution in [0.2, 0.25) is 0 Å². The molecule has 0 saturated heterocycles. The number of nitrogens with zero attached hydrogens (tertiary/aromatic N) is 2. The summed E-state index contributed by atoms with van der Waals surface area (Å²) in [6.07, 6.45) is 2.96. The Balaban J connectivity index is 0.00000123. The molecule has 0 radical (unpaired) electrons. The normalized spacial score (nSPS) is 10.1. The molecule has 0 fully saturated rings. The maximum absolute atomic E-state index is 7.75. The molecule has 0 atom stereocenters. The van der Waals surface area contributed by atoms with Gasteiger partial charge in [0.05, 0.1) is 34.6 Å². The zero-order valence-corrected chi connectivity index (χ0v) is 18.2. The van der Waals surface area contributed by atoms with E-state index in [0.29, 0.717) is 0 Å². The van der Waals surface area contributed by atoms with Gasteiger partial charge in [0.2, 0.25) is 0 Å². The number of aromatic nitrogens is 2. The molecule has 24 heavy (non-hydrogen) atoms. The molecule has 134 valence electrons. The van der Waals surface area contributed by atoms with Crippen LogP contribution >= 0.6 is 17.6 Å². The molecule has 0 bridgehead atoms. The van der Waals surface area contributed by atoms with E-state index in [1.165, 1.54) is 5.69 Å². The van der Waals surface area contributed by atoms with Gasteiger partial charge in [0.1, 0.15) is 0 Å². The molecule has 0 saturated carbocycles. The fourth-order valence-electron chi connectivity index (χ4n) is 2.52. The van der Waals surface area contributed by atoms with E-state index in [1.54, 1.807) is 17.3 Å². The summed E-state index contributed by atoms with van der Waals surface area (Å²) in [5, 5.41) is 0. The minimum absolute atomic E-state index is 0.412. The van der Waals surface area contributed by atoms with E-state index in [4.69, 9.17) is 9.78 Å². The van der Waals surface area contributed by atoms with Gasteiger partial charge >= 0.3 is 27.0 Å². The molecule has 2 aromatic heterocycles. The Morgan fingerprint density at radius 3 is 2.08 bits per heavy atom. The summed E-state index contributed by atoms with van der Waals surface area (Å²) in [7, 11) is 4.20. The molecule has 0 aliphatic rings. The second kappa shape index (κ2) is 13.6. The molecule has 0 amide bonds. The third kappa shape index (κ3) is 7.92. The minimum atomic E-state index is -0.412. The second-order valence-electron chi connectivity index (χ2n) is 5.79. The van der Waals surface area contributed by atoms with E-state index in [-0.39, 0.29) is 0 Å². The Kier molecular flexibility index (Phi) is 13.2. The molecule has 0 N–H and O–H groups in total. The van der Waals surface area contributed by atoms with Gasteiger partial charge in [0.15, 0.2) is 0 Å². The third-order valence-electron chi connectivity index (χ3n) is 3.60. The molecule has 2 heterocycles. The molecule has 6 heteroatoms. The van der Waals surface area contributed by atoms with Gasteiger partial charge < -0.3 is 4.79 Å². The first-order valence-corrected chi connectivity index (χ1v) is 11.9. The van der Waals surface area contributed by atoms with Crippen LogP contribution < -0.4 is 0 Å². The summed E-state index contributed by atoms with van der Waals surface area (Å²) >= 11 is 1.62. The third-order valence-corrected chi connectivity index (χ3v) is 7.34. The number of hydrogen-bond donors (Lipinski definition) is 0. The predicted octanol–water partition coefficient (Wildman–Crippen LogP) is 4.82. The Hall–Kier alpha value is -0.687. The van der Waals surface area contributed by atoms with Crippen molar-refractivity contribution in [1.29, 1.82) is 0 Å². The first-order chi connectivity index (χ1) is 11.6. The summed E-state index contributed by atoms with van der Waals surface area (Å²) in [5.41, 5.74) is 4.71. The average Bonchev–Trinajstić information content (AvgIpc) is 2.63. The molecule has 0 spiro atoms. The van der Waals surface area contributed by atoms with Gasteiger partial charge in [-0.25, -0.2) is 4.98 Å². The SMILES string of the molecule is CC(C)[PH+](Cc1cccc(-c2ccccn2)n1)C(C)C.[CH-]=O.[Cl][RuH]. The van der Waals surface area contributed by atoms with E-state index >= 15 is 0 Å². The first kappa shape index (κ1) is 23.3. The fraction of sp³-hybridized carbons (Fsp3) is 0.389. The predicted molar refractivity (Wildman–Crippen MR) is 104 cm³/mol. The summed E-state index contributed by atoms with van der Waals surface area (Å²) in [6, 6.07) is 12.3. The zero-order chi connectivity index (χ0) is 18.5. The Bertz CT molecular complexity index is 562. The van der Waals surface area contributed by atoms with Crippen LogP contribution in [-0.4, -0.2) is 28.1 Å². The van der Waals surface area contributed by atoms with Crippen LogP contribution in [0.25, 0.3) is 11.4 Å². The van der Waals surface area contributed by atoms with Gasteiger partial charge in [0.25, 0.3) is 0 Å². The molecule has 0 aliphatic carbocycles. The van der Waals surface area contributed by atoms with Gasteiger partial charge in [-0.2, -0.15) is 0 Å². The summed E-state index contributed by atoms with van der Waals surface area (Å²) in [4.78, 5) is 16.9. The average molecular weight is 454 g/mol. The summed E-state index contributed by atoms with van der Waals surface area (Å²) in [5.74, 6) is 0. The topological polar surface area (TPSA) is 42.9 Å². The van der Waals surface area contributed by atoms with E-state index in [9.17, 15) is 0 Å². The number of rotatable bonds is 5.